The molecule has 3 nitrogen and oxygen atoms in total. The second-order valence-electron chi connectivity index (χ2n) is 3.93. The number of aromatic nitrogens is 2. The van der Waals surface area contributed by atoms with Crippen LogP contribution in [0.2, 0.25) is 0 Å². The Labute approximate surface area is 118 Å². The Balaban J connectivity index is 1.82. The van der Waals surface area contributed by atoms with Gasteiger partial charge in [-0.25, -0.2) is 0 Å². The molecular weight excluding hydrogens is 274 g/mol. The van der Waals surface area contributed by atoms with Crippen LogP contribution >= 0.6 is 20.7 Å². The fraction of sp³-hybridized carbons (Fsp3) is 0.0714. The molecule has 0 aliphatic carbocycles. The van der Waals surface area contributed by atoms with Gasteiger partial charge in [-0.1, -0.05) is 32.8 Å². The third-order valence-corrected chi connectivity index (χ3v) is 4.89. The fourth-order valence-electron chi connectivity index (χ4n) is 1.62. The molecule has 0 saturated carbocycles. The summed E-state index contributed by atoms with van der Waals surface area (Å²) in [6.45, 7) is 0.674. The molecule has 3 rings (SSSR count). The molecule has 0 unspecified atom stereocenters. The van der Waals surface area contributed by atoms with Gasteiger partial charge in [0.15, 0.2) is 0 Å². The number of hydrogen-bond donors (Lipinski definition) is 0. The van der Waals surface area contributed by atoms with Crippen molar-refractivity contribution in [3.05, 3.63) is 65.4 Å². The van der Waals surface area contributed by atoms with Crippen molar-refractivity contribution in [2.24, 2.45) is 4.99 Å². The van der Waals surface area contributed by atoms with Gasteiger partial charge in [-0.3, -0.25) is 15.0 Å². The SMILES string of the molecule is c1cncc(CN=c2cc(-c3cccnc3)ss2)c1. The van der Waals surface area contributed by atoms with E-state index in [1.165, 1.54) is 4.88 Å². The van der Waals surface area contributed by atoms with Crippen molar-refractivity contribution in [1.82, 2.24) is 9.97 Å². The first-order chi connectivity index (χ1) is 9.42. The third kappa shape index (κ3) is 3.13. The number of hydrogen-bond acceptors (Lipinski definition) is 5. The highest BCUT2D eigenvalue weighted by molar-refractivity contribution is 7.69. The van der Waals surface area contributed by atoms with Crippen molar-refractivity contribution in [2.75, 3.05) is 0 Å². The van der Waals surface area contributed by atoms with E-state index in [4.69, 9.17) is 0 Å². The Bertz CT molecular complexity index is 702. The van der Waals surface area contributed by atoms with Gasteiger partial charge in [0.05, 0.1) is 6.54 Å². The van der Waals surface area contributed by atoms with E-state index in [0.29, 0.717) is 6.54 Å². The molecule has 3 aromatic heterocycles. The summed E-state index contributed by atoms with van der Waals surface area (Å²) in [5.74, 6) is 0. The summed E-state index contributed by atoms with van der Waals surface area (Å²) in [4.78, 5) is 14.0. The second-order valence-corrected chi connectivity index (χ2v) is 6.12. The van der Waals surface area contributed by atoms with Crippen LogP contribution in [0, 0.1) is 0 Å². The van der Waals surface area contributed by atoms with Gasteiger partial charge in [0.25, 0.3) is 0 Å². The lowest BCUT2D eigenvalue weighted by Crippen LogP contribution is -1.93. The molecule has 0 aromatic carbocycles. The van der Waals surface area contributed by atoms with E-state index in [2.05, 4.69) is 27.1 Å². The Morgan fingerprint density at radius 2 is 1.84 bits per heavy atom. The van der Waals surface area contributed by atoms with Crippen LogP contribution in [-0.4, -0.2) is 9.97 Å². The van der Waals surface area contributed by atoms with Crippen LogP contribution in [0.15, 0.2) is 60.1 Å². The van der Waals surface area contributed by atoms with Gasteiger partial charge in [0.1, 0.15) is 4.67 Å². The van der Waals surface area contributed by atoms with Crippen LogP contribution in [0.25, 0.3) is 10.4 Å². The van der Waals surface area contributed by atoms with Gasteiger partial charge >= 0.3 is 0 Å². The zero-order valence-electron chi connectivity index (χ0n) is 10.1. The predicted molar refractivity (Wildman–Crippen MR) is 78.9 cm³/mol. The summed E-state index contributed by atoms with van der Waals surface area (Å²) < 4.78 is 1.05. The highest BCUT2D eigenvalue weighted by Crippen LogP contribution is 2.23. The van der Waals surface area contributed by atoms with E-state index in [9.17, 15) is 0 Å². The van der Waals surface area contributed by atoms with Crippen molar-refractivity contribution in [2.45, 2.75) is 6.54 Å². The van der Waals surface area contributed by atoms with E-state index in [1.54, 1.807) is 33.1 Å². The van der Waals surface area contributed by atoms with Crippen LogP contribution in [-0.2, 0) is 6.54 Å². The zero-order chi connectivity index (χ0) is 12.9. The second kappa shape index (κ2) is 5.86. The quantitative estimate of drug-likeness (QED) is 0.692. The Kier molecular flexibility index (Phi) is 3.76. The summed E-state index contributed by atoms with van der Waals surface area (Å²) in [6, 6.07) is 10.1. The molecule has 0 aliphatic rings. The molecular formula is C14H11N3S2. The summed E-state index contributed by atoms with van der Waals surface area (Å²) in [6.07, 6.45) is 7.29. The van der Waals surface area contributed by atoms with Crippen molar-refractivity contribution >= 4 is 20.7 Å². The number of nitrogens with zero attached hydrogens (tertiary/aromatic N) is 3. The van der Waals surface area contributed by atoms with E-state index < -0.39 is 0 Å². The van der Waals surface area contributed by atoms with E-state index in [0.717, 1.165) is 15.8 Å². The lowest BCUT2D eigenvalue weighted by molar-refractivity contribution is 1.01. The topological polar surface area (TPSA) is 38.1 Å². The normalized spacial score (nSPS) is 11.7. The molecule has 19 heavy (non-hydrogen) atoms. The van der Waals surface area contributed by atoms with Crippen LogP contribution in [0.1, 0.15) is 5.56 Å². The standard InChI is InChI=1S/C14H11N3S2/c1-3-11(8-15-5-1)9-17-14-7-13(18-19-14)12-4-2-6-16-10-12/h1-8,10H,9H2. The van der Waals surface area contributed by atoms with Gasteiger partial charge < -0.3 is 0 Å². The molecule has 5 heteroatoms. The maximum absolute atomic E-state index is 4.59. The molecule has 3 heterocycles. The zero-order valence-corrected chi connectivity index (χ0v) is 11.7. The van der Waals surface area contributed by atoms with Crippen LogP contribution in [0.4, 0.5) is 0 Å². The maximum atomic E-state index is 4.59. The van der Waals surface area contributed by atoms with Gasteiger partial charge in [-0.15, -0.1) is 0 Å². The minimum atomic E-state index is 0.674. The van der Waals surface area contributed by atoms with Crippen molar-refractivity contribution < 1.29 is 0 Å². The molecule has 0 fully saturated rings. The van der Waals surface area contributed by atoms with E-state index >= 15 is 0 Å². The first kappa shape index (κ1) is 12.2. The smallest absolute Gasteiger partial charge is 0.122 e. The monoisotopic (exact) mass is 285 g/mol. The largest absolute Gasteiger partial charge is 0.269 e. The van der Waals surface area contributed by atoms with E-state index in [1.807, 2.05) is 30.6 Å². The average molecular weight is 285 g/mol. The van der Waals surface area contributed by atoms with E-state index in [-0.39, 0.29) is 0 Å². The summed E-state index contributed by atoms with van der Waals surface area (Å²) in [5.41, 5.74) is 2.27. The van der Waals surface area contributed by atoms with Crippen LogP contribution in [0.5, 0.6) is 0 Å². The molecule has 3 aromatic rings. The average Bonchev–Trinajstić information content (AvgIpc) is 2.96. The predicted octanol–water partition coefficient (Wildman–Crippen LogP) is 3.37. The van der Waals surface area contributed by atoms with Crippen molar-refractivity contribution in [1.29, 1.82) is 0 Å². The van der Waals surface area contributed by atoms with Crippen molar-refractivity contribution in [3.63, 3.8) is 0 Å². The first-order valence-electron chi connectivity index (χ1n) is 5.82. The minimum absolute atomic E-state index is 0.674. The minimum Gasteiger partial charge on any atom is -0.269 e. The molecule has 94 valence electrons. The van der Waals surface area contributed by atoms with Crippen LogP contribution < -0.4 is 4.67 Å². The van der Waals surface area contributed by atoms with Gasteiger partial charge in [0.2, 0.25) is 0 Å². The highest BCUT2D eigenvalue weighted by Gasteiger charge is 2.00. The third-order valence-electron chi connectivity index (χ3n) is 2.56. The molecule has 0 bridgehead atoms. The van der Waals surface area contributed by atoms with Gasteiger partial charge in [-0.05, 0) is 23.8 Å². The Morgan fingerprint density at radius 3 is 2.58 bits per heavy atom. The molecule has 0 radical (unpaired) electrons. The summed E-state index contributed by atoms with van der Waals surface area (Å²) in [7, 11) is 3.42. The molecule has 0 N–H and O–H groups in total. The lowest BCUT2D eigenvalue weighted by atomic mass is 10.2. The molecule has 0 saturated heterocycles. The highest BCUT2D eigenvalue weighted by atomic mass is 32.9. The number of rotatable bonds is 3. The van der Waals surface area contributed by atoms with Crippen molar-refractivity contribution in [3.8, 4) is 10.4 Å². The Hall–Kier alpha value is -1.85. The summed E-state index contributed by atoms with van der Waals surface area (Å²) >= 11 is 0. The van der Waals surface area contributed by atoms with Gasteiger partial charge in [0, 0.05) is 35.2 Å². The molecule has 0 aliphatic heterocycles. The summed E-state index contributed by atoms with van der Waals surface area (Å²) in [5, 5.41) is 0. The first-order valence-corrected chi connectivity index (χ1v) is 7.97. The van der Waals surface area contributed by atoms with Crippen LogP contribution in [0.3, 0.4) is 0 Å². The number of pyridine rings is 2. The molecule has 0 atom stereocenters. The Morgan fingerprint density at radius 1 is 1.00 bits per heavy atom. The maximum Gasteiger partial charge on any atom is 0.122 e. The molecule has 0 amide bonds. The molecule has 0 spiro atoms. The lowest BCUT2D eigenvalue weighted by Gasteiger charge is -1.92. The fourth-order valence-corrected chi connectivity index (χ4v) is 3.79. The van der Waals surface area contributed by atoms with Gasteiger partial charge in [-0.2, -0.15) is 0 Å².